The standard InChI is InChI=1S/C19H14F2N2O3/c1-11(24)22-16-10-12(6-7-15(16)21)23-19(25)18-9-8-17(26-18)13-4-2-3-5-14(13)20/h2-10H,1H3,(H,22,24)(H,23,25). The third kappa shape index (κ3) is 3.77. The van der Waals surface area contributed by atoms with Crippen molar-refractivity contribution in [2.45, 2.75) is 6.92 Å². The molecule has 7 heteroatoms. The molecule has 0 atom stereocenters. The van der Waals surface area contributed by atoms with E-state index in [1.807, 2.05) is 0 Å². The van der Waals surface area contributed by atoms with Crippen LogP contribution in [0.1, 0.15) is 17.5 Å². The second kappa shape index (κ2) is 7.18. The molecular formula is C19H14F2N2O3. The van der Waals surface area contributed by atoms with Crippen LogP contribution in [0.4, 0.5) is 20.2 Å². The summed E-state index contributed by atoms with van der Waals surface area (Å²) < 4.78 is 32.8. The molecule has 0 aliphatic rings. The summed E-state index contributed by atoms with van der Waals surface area (Å²) in [7, 11) is 0. The molecule has 0 bridgehead atoms. The summed E-state index contributed by atoms with van der Waals surface area (Å²) in [4.78, 5) is 23.4. The molecule has 26 heavy (non-hydrogen) atoms. The molecule has 1 heterocycles. The van der Waals surface area contributed by atoms with Crippen molar-refractivity contribution in [2.24, 2.45) is 0 Å². The van der Waals surface area contributed by atoms with E-state index in [1.165, 1.54) is 43.3 Å². The molecule has 0 saturated heterocycles. The molecule has 0 saturated carbocycles. The van der Waals surface area contributed by atoms with Crippen molar-refractivity contribution in [1.29, 1.82) is 0 Å². The number of nitrogens with one attached hydrogen (secondary N) is 2. The van der Waals surface area contributed by atoms with Gasteiger partial charge in [0.25, 0.3) is 5.91 Å². The smallest absolute Gasteiger partial charge is 0.291 e. The maximum atomic E-state index is 13.8. The second-order valence-electron chi connectivity index (χ2n) is 5.47. The molecular weight excluding hydrogens is 342 g/mol. The number of carbonyl (C=O) groups is 2. The van der Waals surface area contributed by atoms with Crippen molar-refractivity contribution in [3.05, 3.63) is 72.0 Å². The van der Waals surface area contributed by atoms with Crippen LogP contribution in [-0.2, 0) is 4.79 Å². The molecule has 2 aromatic carbocycles. The summed E-state index contributed by atoms with van der Waals surface area (Å²) in [5.74, 6) is -1.94. The molecule has 0 spiro atoms. The Labute approximate surface area is 147 Å². The number of carbonyl (C=O) groups excluding carboxylic acids is 2. The lowest BCUT2D eigenvalue weighted by atomic mass is 10.1. The highest BCUT2D eigenvalue weighted by atomic mass is 19.1. The van der Waals surface area contributed by atoms with Crippen LogP contribution in [0.25, 0.3) is 11.3 Å². The number of hydrogen-bond acceptors (Lipinski definition) is 3. The fraction of sp³-hybridized carbons (Fsp3) is 0.0526. The van der Waals surface area contributed by atoms with Gasteiger partial charge >= 0.3 is 0 Å². The Bertz CT molecular complexity index is 982. The third-order valence-electron chi connectivity index (χ3n) is 3.50. The number of furan rings is 1. The fourth-order valence-electron chi connectivity index (χ4n) is 2.35. The van der Waals surface area contributed by atoms with Crippen LogP contribution in [-0.4, -0.2) is 11.8 Å². The fourth-order valence-corrected chi connectivity index (χ4v) is 2.35. The van der Waals surface area contributed by atoms with Gasteiger partial charge in [-0.15, -0.1) is 0 Å². The quantitative estimate of drug-likeness (QED) is 0.726. The van der Waals surface area contributed by atoms with E-state index in [0.29, 0.717) is 0 Å². The van der Waals surface area contributed by atoms with Crippen LogP contribution in [0, 0.1) is 11.6 Å². The largest absolute Gasteiger partial charge is 0.451 e. The summed E-state index contributed by atoms with van der Waals surface area (Å²) in [5, 5.41) is 4.86. The van der Waals surface area contributed by atoms with Crippen molar-refractivity contribution >= 4 is 23.2 Å². The van der Waals surface area contributed by atoms with Gasteiger partial charge in [0, 0.05) is 12.6 Å². The third-order valence-corrected chi connectivity index (χ3v) is 3.50. The Balaban J connectivity index is 1.79. The van der Waals surface area contributed by atoms with Crippen LogP contribution in [0.2, 0.25) is 0 Å². The molecule has 0 fully saturated rings. The number of anilines is 2. The summed E-state index contributed by atoms with van der Waals surface area (Å²) in [6.45, 7) is 1.25. The molecule has 132 valence electrons. The van der Waals surface area contributed by atoms with E-state index in [1.54, 1.807) is 12.1 Å². The Kier molecular flexibility index (Phi) is 4.79. The predicted molar refractivity (Wildman–Crippen MR) is 92.8 cm³/mol. The van der Waals surface area contributed by atoms with E-state index in [0.717, 1.165) is 6.07 Å². The molecule has 2 amide bonds. The Morgan fingerprint density at radius 1 is 0.923 bits per heavy atom. The van der Waals surface area contributed by atoms with Gasteiger partial charge in [0.1, 0.15) is 17.4 Å². The van der Waals surface area contributed by atoms with Gasteiger partial charge in [0.05, 0.1) is 11.3 Å². The van der Waals surface area contributed by atoms with Crippen LogP contribution in [0.3, 0.4) is 0 Å². The Hall–Kier alpha value is -3.48. The van der Waals surface area contributed by atoms with Gasteiger partial charge in [-0.1, -0.05) is 12.1 Å². The minimum Gasteiger partial charge on any atom is -0.451 e. The van der Waals surface area contributed by atoms with Gasteiger partial charge in [0.15, 0.2) is 5.76 Å². The maximum absolute atomic E-state index is 13.8. The predicted octanol–water partition coefficient (Wildman–Crippen LogP) is 4.44. The molecule has 5 nitrogen and oxygen atoms in total. The molecule has 3 aromatic rings. The molecule has 1 aromatic heterocycles. The first-order valence-electron chi connectivity index (χ1n) is 7.67. The van der Waals surface area contributed by atoms with Gasteiger partial charge in [0.2, 0.25) is 5.91 Å². The number of amides is 2. The van der Waals surface area contributed by atoms with E-state index in [2.05, 4.69) is 10.6 Å². The highest BCUT2D eigenvalue weighted by molar-refractivity contribution is 6.03. The van der Waals surface area contributed by atoms with E-state index in [-0.39, 0.29) is 28.5 Å². The van der Waals surface area contributed by atoms with Crippen LogP contribution < -0.4 is 10.6 Å². The van der Waals surface area contributed by atoms with Gasteiger partial charge < -0.3 is 15.1 Å². The number of rotatable bonds is 4. The topological polar surface area (TPSA) is 71.3 Å². The highest BCUT2D eigenvalue weighted by Crippen LogP contribution is 2.26. The molecule has 0 aliphatic heterocycles. The zero-order valence-electron chi connectivity index (χ0n) is 13.7. The van der Waals surface area contributed by atoms with Crippen molar-refractivity contribution in [3.63, 3.8) is 0 Å². The monoisotopic (exact) mass is 356 g/mol. The summed E-state index contributed by atoms with van der Waals surface area (Å²) in [5.41, 5.74) is 0.451. The Morgan fingerprint density at radius 3 is 2.42 bits per heavy atom. The van der Waals surface area contributed by atoms with E-state index < -0.39 is 23.4 Å². The van der Waals surface area contributed by atoms with Crippen LogP contribution in [0.5, 0.6) is 0 Å². The second-order valence-corrected chi connectivity index (χ2v) is 5.47. The number of hydrogen-bond donors (Lipinski definition) is 2. The van der Waals surface area contributed by atoms with Gasteiger partial charge in [-0.2, -0.15) is 0 Å². The average molecular weight is 356 g/mol. The van der Waals surface area contributed by atoms with E-state index >= 15 is 0 Å². The molecule has 0 radical (unpaired) electrons. The van der Waals surface area contributed by atoms with Crippen molar-refractivity contribution in [1.82, 2.24) is 0 Å². The molecule has 3 rings (SSSR count). The Morgan fingerprint density at radius 2 is 1.69 bits per heavy atom. The van der Waals surface area contributed by atoms with Gasteiger partial charge in [-0.25, -0.2) is 8.78 Å². The van der Waals surface area contributed by atoms with Crippen molar-refractivity contribution < 1.29 is 22.8 Å². The van der Waals surface area contributed by atoms with Crippen LogP contribution in [0.15, 0.2) is 59.0 Å². The summed E-state index contributed by atoms with van der Waals surface area (Å²) in [6, 6.07) is 12.7. The van der Waals surface area contributed by atoms with E-state index in [9.17, 15) is 18.4 Å². The lowest BCUT2D eigenvalue weighted by Gasteiger charge is -2.08. The minimum atomic E-state index is -0.627. The average Bonchev–Trinajstić information content (AvgIpc) is 3.08. The first-order chi connectivity index (χ1) is 12.4. The zero-order chi connectivity index (χ0) is 18.7. The van der Waals surface area contributed by atoms with Gasteiger partial charge in [-0.05, 0) is 42.5 Å². The number of benzene rings is 2. The molecule has 0 aliphatic carbocycles. The van der Waals surface area contributed by atoms with E-state index in [4.69, 9.17) is 4.42 Å². The maximum Gasteiger partial charge on any atom is 0.291 e. The molecule has 2 N–H and O–H groups in total. The van der Waals surface area contributed by atoms with Crippen molar-refractivity contribution in [3.8, 4) is 11.3 Å². The lowest BCUT2D eigenvalue weighted by Crippen LogP contribution is -2.12. The SMILES string of the molecule is CC(=O)Nc1cc(NC(=O)c2ccc(-c3ccccc3F)o2)ccc1F. The van der Waals surface area contributed by atoms with Crippen molar-refractivity contribution in [2.75, 3.05) is 10.6 Å². The highest BCUT2D eigenvalue weighted by Gasteiger charge is 2.15. The summed E-state index contributed by atoms with van der Waals surface area (Å²) in [6.07, 6.45) is 0. The van der Waals surface area contributed by atoms with Gasteiger partial charge in [-0.3, -0.25) is 9.59 Å². The van der Waals surface area contributed by atoms with Crippen LogP contribution >= 0.6 is 0 Å². The number of halogens is 2. The zero-order valence-corrected chi connectivity index (χ0v) is 13.7. The normalized spacial score (nSPS) is 10.4. The summed E-state index contributed by atoms with van der Waals surface area (Å²) >= 11 is 0. The first kappa shape index (κ1) is 17.3. The molecule has 0 unspecified atom stereocenters. The minimum absolute atomic E-state index is 0.0337. The first-order valence-corrected chi connectivity index (χ1v) is 7.67. The lowest BCUT2D eigenvalue weighted by molar-refractivity contribution is -0.114.